The first-order valence-corrected chi connectivity index (χ1v) is 11.0. The molecule has 8 N–H and O–H groups in total. The van der Waals surface area contributed by atoms with Crippen LogP contribution in [0.2, 0.25) is 0 Å². The predicted octanol–water partition coefficient (Wildman–Crippen LogP) is 0.0444. The number of carbonyl (C=O) groups excluding carboxylic acids is 3. The van der Waals surface area contributed by atoms with Crippen molar-refractivity contribution in [3.05, 3.63) is 35.9 Å². The molecule has 3 amide bonds. The summed E-state index contributed by atoms with van der Waals surface area (Å²) in [6, 6.07) is 6.85. The van der Waals surface area contributed by atoms with Crippen molar-refractivity contribution in [2.24, 2.45) is 11.5 Å². The first kappa shape index (κ1) is 28.1. The smallest absolute Gasteiger partial charge is 0.326 e. The van der Waals surface area contributed by atoms with E-state index < -0.39 is 46.9 Å². The number of aliphatic carboxylic acids is 1. The molecule has 33 heavy (non-hydrogen) atoms. The molecule has 10 nitrogen and oxygen atoms in total. The minimum Gasteiger partial charge on any atom is -0.480 e. The van der Waals surface area contributed by atoms with E-state index in [2.05, 4.69) is 16.0 Å². The van der Waals surface area contributed by atoms with Crippen molar-refractivity contribution in [3.8, 4) is 0 Å². The maximum absolute atomic E-state index is 13.0. The minimum absolute atomic E-state index is 0.139. The van der Waals surface area contributed by atoms with E-state index in [4.69, 9.17) is 11.5 Å². The molecular formula is C23H37N5O5. The zero-order valence-electron chi connectivity index (χ0n) is 19.8. The van der Waals surface area contributed by atoms with Gasteiger partial charge in [-0.2, -0.15) is 0 Å². The third kappa shape index (κ3) is 9.58. The summed E-state index contributed by atoms with van der Waals surface area (Å²) in [5, 5.41) is 17.2. The van der Waals surface area contributed by atoms with Gasteiger partial charge in [0.15, 0.2) is 0 Å². The highest BCUT2D eigenvalue weighted by Crippen LogP contribution is 2.10. The Balaban J connectivity index is 3.03. The topological polar surface area (TPSA) is 177 Å². The van der Waals surface area contributed by atoms with Crippen LogP contribution in [-0.4, -0.2) is 58.5 Å². The van der Waals surface area contributed by atoms with Crippen LogP contribution < -0.4 is 27.4 Å². The summed E-state index contributed by atoms with van der Waals surface area (Å²) in [5.41, 5.74) is 9.48. The molecule has 1 aromatic carbocycles. The maximum Gasteiger partial charge on any atom is 0.326 e. The SMILES string of the molecule is CC(C)(N)C(=O)NC(C)(C)C(=O)N[C@@H](Cc1ccccc1)C(=O)N[C@@H](CCCCN)C(=O)O. The van der Waals surface area contributed by atoms with Gasteiger partial charge in [-0.15, -0.1) is 0 Å². The van der Waals surface area contributed by atoms with E-state index in [1.165, 1.54) is 27.7 Å². The third-order valence-electron chi connectivity index (χ3n) is 5.04. The fraction of sp³-hybridized carbons (Fsp3) is 0.565. The average molecular weight is 464 g/mol. The minimum atomic E-state index is -1.36. The molecule has 0 unspecified atom stereocenters. The van der Waals surface area contributed by atoms with Crippen LogP contribution in [-0.2, 0) is 25.6 Å². The predicted molar refractivity (Wildman–Crippen MR) is 125 cm³/mol. The Bertz CT molecular complexity index is 820. The van der Waals surface area contributed by atoms with Gasteiger partial charge >= 0.3 is 5.97 Å². The van der Waals surface area contributed by atoms with Gasteiger partial charge < -0.3 is 32.5 Å². The number of amides is 3. The molecule has 10 heteroatoms. The molecule has 1 aromatic rings. The Hall–Kier alpha value is -2.98. The third-order valence-corrected chi connectivity index (χ3v) is 5.04. The Kier molecular flexibility index (Phi) is 10.5. The van der Waals surface area contributed by atoms with Gasteiger partial charge in [0.2, 0.25) is 17.7 Å². The lowest BCUT2D eigenvalue weighted by molar-refractivity contribution is -0.142. The van der Waals surface area contributed by atoms with E-state index in [1.54, 1.807) is 24.3 Å². The van der Waals surface area contributed by atoms with E-state index >= 15 is 0 Å². The summed E-state index contributed by atoms with van der Waals surface area (Å²) in [5.74, 6) is -2.93. The Morgan fingerprint density at radius 2 is 1.55 bits per heavy atom. The number of hydrogen-bond acceptors (Lipinski definition) is 6. The molecule has 0 fully saturated rings. The Morgan fingerprint density at radius 3 is 2.06 bits per heavy atom. The number of hydrogen-bond donors (Lipinski definition) is 6. The monoisotopic (exact) mass is 463 g/mol. The first-order chi connectivity index (χ1) is 15.3. The lowest BCUT2D eigenvalue weighted by Gasteiger charge is -2.31. The van der Waals surface area contributed by atoms with Gasteiger partial charge in [-0.05, 0) is 59.1 Å². The molecule has 1 rings (SSSR count). The molecule has 2 atom stereocenters. The first-order valence-electron chi connectivity index (χ1n) is 11.0. The quantitative estimate of drug-likeness (QED) is 0.224. The van der Waals surface area contributed by atoms with Crippen molar-refractivity contribution in [3.63, 3.8) is 0 Å². The van der Waals surface area contributed by atoms with E-state index in [-0.39, 0.29) is 12.8 Å². The van der Waals surface area contributed by atoms with Crippen LogP contribution in [0.1, 0.15) is 52.5 Å². The zero-order chi connectivity index (χ0) is 25.2. The largest absolute Gasteiger partial charge is 0.480 e. The molecule has 0 bridgehead atoms. The van der Waals surface area contributed by atoms with Crippen molar-refractivity contribution in [1.82, 2.24) is 16.0 Å². The van der Waals surface area contributed by atoms with Gasteiger partial charge in [0.25, 0.3) is 0 Å². The van der Waals surface area contributed by atoms with Crippen LogP contribution in [0.15, 0.2) is 30.3 Å². The molecule has 184 valence electrons. The van der Waals surface area contributed by atoms with E-state index in [0.717, 1.165) is 5.56 Å². The number of carboxylic acids is 1. The molecule has 0 saturated carbocycles. The molecule has 0 heterocycles. The highest BCUT2D eigenvalue weighted by atomic mass is 16.4. The number of carbonyl (C=O) groups is 4. The molecule has 0 aliphatic heterocycles. The highest BCUT2D eigenvalue weighted by molar-refractivity contribution is 5.96. The standard InChI is InChI=1S/C23H37N5O5/c1-22(2,25)20(32)28-23(3,4)21(33)27-17(14-15-10-6-5-7-11-15)18(29)26-16(19(30)31)12-8-9-13-24/h5-7,10-11,16-17H,8-9,12-14,24-25H2,1-4H3,(H,26,29)(H,27,33)(H,28,32)(H,30,31)/t16-,17-/m0/s1. The molecule has 0 aliphatic carbocycles. The number of unbranched alkanes of at least 4 members (excludes halogenated alkanes) is 1. The van der Waals surface area contributed by atoms with E-state index in [0.29, 0.717) is 19.4 Å². The summed E-state index contributed by atoms with van der Waals surface area (Å²) in [6.45, 7) is 6.44. The van der Waals surface area contributed by atoms with Crippen molar-refractivity contribution in [1.29, 1.82) is 0 Å². The van der Waals surface area contributed by atoms with Crippen molar-refractivity contribution in [2.45, 2.75) is 76.5 Å². The summed E-state index contributed by atoms with van der Waals surface area (Å²) in [7, 11) is 0. The molecule has 0 radical (unpaired) electrons. The van der Waals surface area contributed by atoms with Crippen LogP contribution >= 0.6 is 0 Å². The highest BCUT2D eigenvalue weighted by Gasteiger charge is 2.36. The molecule has 0 saturated heterocycles. The van der Waals surface area contributed by atoms with Gasteiger partial charge in [-0.3, -0.25) is 14.4 Å². The molecule has 0 aliphatic rings. The normalized spacial score (nSPS) is 13.5. The average Bonchev–Trinajstić information content (AvgIpc) is 2.72. The summed E-state index contributed by atoms with van der Waals surface area (Å²) >= 11 is 0. The van der Waals surface area contributed by atoms with Crippen LogP contribution in [0.25, 0.3) is 0 Å². The van der Waals surface area contributed by atoms with Crippen molar-refractivity contribution < 1.29 is 24.3 Å². The number of nitrogens with two attached hydrogens (primary N) is 2. The van der Waals surface area contributed by atoms with Crippen LogP contribution in [0.5, 0.6) is 0 Å². The Morgan fingerprint density at radius 1 is 0.939 bits per heavy atom. The number of rotatable bonds is 13. The van der Waals surface area contributed by atoms with Gasteiger partial charge in [-0.25, -0.2) is 4.79 Å². The van der Waals surface area contributed by atoms with Gasteiger partial charge in [-0.1, -0.05) is 30.3 Å². The molecular weight excluding hydrogens is 426 g/mol. The van der Waals surface area contributed by atoms with Crippen molar-refractivity contribution >= 4 is 23.7 Å². The van der Waals surface area contributed by atoms with Crippen LogP contribution in [0.4, 0.5) is 0 Å². The number of carboxylic acid groups (broad SMARTS) is 1. The van der Waals surface area contributed by atoms with E-state index in [1.807, 2.05) is 6.07 Å². The van der Waals surface area contributed by atoms with E-state index in [9.17, 15) is 24.3 Å². The maximum atomic E-state index is 13.0. The fourth-order valence-corrected chi connectivity index (χ4v) is 2.92. The van der Waals surface area contributed by atoms with Gasteiger partial charge in [0, 0.05) is 6.42 Å². The second-order valence-electron chi connectivity index (χ2n) is 9.20. The summed E-state index contributed by atoms with van der Waals surface area (Å²) in [6.07, 6.45) is 1.53. The van der Waals surface area contributed by atoms with Crippen LogP contribution in [0, 0.1) is 0 Å². The summed E-state index contributed by atoms with van der Waals surface area (Å²) in [4.78, 5) is 49.9. The fourth-order valence-electron chi connectivity index (χ4n) is 2.92. The Labute approximate surface area is 194 Å². The molecule has 0 aromatic heterocycles. The number of nitrogens with one attached hydrogen (secondary N) is 3. The van der Waals surface area contributed by atoms with Crippen LogP contribution in [0.3, 0.4) is 0 Å². The molecule has 0 spiro atoms. The van der Waals surface area contributed by atoms with Crippen molar-refractivity contribution in [2.75, 3.05) is 6.54 Å². The van der Waals surface area contributed by atoms with Gasteiger partial charge in [0.1, 0.15) is 17.6 Å². The summed E-state index contributed by atoms with van der Waals surface area (Å²) < 4.78 is 0. The second-order valence-corrected chi connectivity index (χ2v) is 9.20. The second kappa shape index (κ2) is 12.3. The lowest BCUT2D eigenvalue weighted by Crippen LogP contribution is -2.63. The van der Waals surface area contributed by atoms with Gasteiger partial charge in [0.05, 0.1) is 5.54 Å². The lowest BCUT2D eigenvalue weighted by atomic mass is 9.98. The number of benzene rings is 1. The zero-order valence-corrected chi connectivity index (χ0v) is 19.8.